The molecule has 1 rings (SSSR count). The summed E-state index contributed by atoms with van der Waals surface area (Å²) in [4.78, 5) is 0. The minimum absolute atomic E-state index is 0.231. The van der Waals surface area contributed by atoms with Gasteiger partial charge in [0.2, 0.25) is 0 Å². The highest BCUT2D eigenvalue weighted by Crippen LogP contribution is 2.24. The zero-order valence-corrected chi connectivity index (χ0v) is 7.78. The molecule has 0 aliphatic carbocycles. The lowest BCUT2D eigenvalue weighted by Gasteiger charge is -2.02. The van der Waals surface area contributed by atoms with Crippen LogP contribution >= 0.6 is 27.5 Å². The second-order valence-electron chi connectivity index (χ2n) is 2.01. The SMILES string of the molecule is OCc1c(F)cc(Cl)cc1Br. The molecule has 0 saturated carbocycles. The molecule has 11 heavy (non-hydrogen) atoms. The van der Waals surface area contributed by atoms with Gasteiger partial charge in [0.15, 0.2) is 0 Å². The highest BCUT2D eigenvalue weighted by molar-refractivity contribution is 9.10. The lowest BCUT2D eigenvalue weighted by Crippen LogP contribution is -1.90. The molecule has 0 aliphatic rings. The van der Waals surface area contributed by atoms with Gasteiger partial charge in [0.25, 0.3) is 0 Å². The Morgan fingerprint density at radius 3 is 2.64 bits per heavy atom. The van der Waals surface area contributed by atoms with Crippen molar-refractivity contribution in [2.24, 2.45) is 0 Å². The van der Waals surface area contributed by atoms with Gasteiger partial charge in [0.1, 0.15) is 5.82 Å². The fourth-order valence-electron chi connectivity index (χ4n) is 0.723. The summed E-state index contributed by atoms with van der Waals surface area (Å²) in [6.07, 6.45) is 0. The van der Waals surface area contributed by atoms with Crippen LogP contribution in [0.3, 0.4) is 0 Å². The van der Waals surface area contributed by atoms with Gasteiger partial charge in [0, 0.05) is 15.1 Å². The Balaban J connectivity index is 3.25. The first kappa shape index (κ1) is 8.97. The van der Waals surface area contributed by atoms with Crippen LogP contribution in [0.1, 0.15) is 5.56 Å². The average molecular weight is 239 g/mol. The Bertz CT molecular complexity index is 254. The summed E-state index contributed by atoms with van der Waals surface area (Å²) in [5.74, 6) is -0.494. The maximum absolute atomic E-state index is 12.8. The van der Waals surface area contributed by atoms with Crippen molar-refractivity contribution in [1.82, 2.24) is 0 Å². The molecule has 1 aromatic rings. The van der Waals surface area contributed by atoms with Crippen molar-refractivity contribution in [2.75, 3.05) is 0 Å². The summed E-state index contributed by atoms with van der Waals surface area (Å²) >= 11 is 8.60. The molecule has 0 spiro atoms. The molecule has 1 N–H and O–H groups in total. The first-order valence-corrected chi connectivity index (χ1v) is 4.06. The van der Waals surface area contributed by atoms with Gasteiger partial charge >= 0.3 is 0 Å². The molecule has 60 valence electrons. The van der Waals surface area contributed by atoms with Crippen molar-refractivity contribution < 1.29 is 9.50 Å². The quantitative estimate of drug-likeness (QED) is 0.799. The second-order valence-corrected chi connectivity index (χ2v) is 3.30. The molecule has 0 bridgehead atoms. The zero-order valence-electron chi connectivity index (χ0n) is 5.44. The molecule has 0 atom stereocenters. The van der Waals surface area contributed by atoms with Gasteiger partial charge in [-0.2, -0.15) is 0 Å². The lowest BCUT2D eigenvalue weighted by atomic mass is 10.2. The number of hydrogen-bond acceptors (Lipinski definition) is 1. The Morgan fingerprint density at radius 1 is 1.55 bits per heavy atom. The second kappa shape index (κ2) is 3.52. The molecular weight excluding hydrogens is 234 g/mol. The van der Waals surface area contributed by atoms with Crippen molar-refractivity contribution in [3.8, 4) is 0 Å². The van der Waals surface area contributed by atoms with Crippen LogP contribution < -0.4 is 0 Å². The van der Waals surface area contributed by atoms with Gasteiger partial charge in [-0.1, -0.05) is 27.5 Å². The minimum Gasteiger partial charge on any atom is -0.392 e. The monoisotopic (exact) mass is 238 g/mol. The fourth-order valence-corrected chi connectivity index (χ4v) is 1.62. The normalized spacial score (nSPS) is 10.2. The topological polar surface area (TPSA) is 20.2 Å². The highest BCUT2D eigenvalue weighted by Gasteiger charge is 2.06. The maximum atomic E-state index is 12.8. The van der Waals surface area contributed by atoms with Crippen molar-refractivity contribution >= 4 is 27.5 Å². The van der Waals surface area contributed by atoms with E-state index in [0.29, 0.717) is 9.50 Å². The molecule has 0 aliphatic heterocycles. The van der Waals surface area contributed by atoms with Crippen molar-refractivity contribution in [1.29, 1.82) is 0 Å². The van der Waals surface area contributed by atoms with E-state index >= 15 is 0 Å². The molecule has 4 heteroatoms. The smallest absolute Gasteiger partial charge is 0.131 e. The van der Waals surface area contributed by atoms with Gasteiger partial charge in [-0.05, 0) is 12.1 Å². The number of halogens is 3. The Labute approximate surface area is 76.9 Å². The number of hydrogen-bond donors (Lipinski definition) is 1. The van der Waals surface area contributed by atoms with Crippen LogP contribution in [0.5, 0.6) is 0 Å². The highest BCUT2D eigenvalue weighted by atomic mass is 79.9. The van der Waals surface area contributed by atoms with Crippen LogP contribution in [0.2, 0.25) is 5.02 Å². The van der Waals surface area contributed by atoms with Crippen molar-refractivity contribution in [3.63, 3.8) is 0 Å². The average Bonchev–Trinajstić information content (AvgIpc) is 1.85. The number of aliphatic hydroxyl groups is 1. The molecule has 0 aromatic heterocycles. The lowest BCUT2D eigenvalue weighted by molar-refractivity contribution is 0.275. The molecule has 1 nitrogen and oxygen atoms in total. The van der Waals surface area contributed by atoms with Crippen LogP contribution in [-0.2, 0) is 6.61 Å². The van der Waals surface area contributed by atoms with E-state index in [2.05, 4.69) is 15.9 Å². The van der Waals surface area contributed by atoms with E-state index in [1.54, 1.807) is 0 Å². The zero-order chi connectivity index (χ0) is 8.43. The van der Waals surface area contributed by atoms with E-state index in [-0.39, 0.29) is 12.2 Å². The van der Waals surface area contributed by atoms with E-state index in [1.165, 1.54) is 6.07 Å². The summed E-state index contributed by atoms with van der Waals surface area (Å²) in [7, 11) is 0. The number of aliphatic hydroxyl groups excluding tert-OH is 1. The fraction of sp³-hybridized carbons (Fsp3) is 0.143. The molecular formula is C7H5BrClFO. The Morgan fingerprint density at radius 2 is 2.18 bits per heavy atom. The first-order chi connectivity index (χ1) is 5.15. The van der Waals surface area contributed by atoms with Gasteiger partial charge in [0.05, 0.1) is 6.61 Å². The van der Waals surface area contributed by atoms with Crippen LogP contribution in [0.15, 0.2) is 16.6 Å². The molecule has 0 fully saturated rings. The predicted octanol–water partition coefficient (Wildman–Crippen LogP) is 2.73. The molecule has 0 heterocycles. The van der Waals surface area contributed by atoms with Crippen LogP contribution in [-0.4, -0.2) is 5.11 Å². The van der Waals surface area contributed by atoms with Crippen LogP contribution in [0, 0.1) is 5.82 Å². The molecule has 1 aromatic carbocycles. The Kier molecular flexibility index (Phi) is 2.87. The molecule has 0 unspecified atom stereocenters. The van der Waals surface area contributed by atoms with Crippen LogP contribution in [0.4, 0.5) is 4.39 Å². The number of benzene rings is 1. The van der Waals surface area contributed by atoms with Crippen molar-refractivity contribution in [3.05, 3.63) is 33.0 Å². The summed E-state index contributed by atoms with van der Waals surface area (Å²) in [6, 6.07) is 2.70. The van der Waals surface area contributed by atoms with E-state index in [1.807, 2.05) is 0 Å². The summed E-state index contributed by atoms with van der Waals surface area (Å²) in [6.45, 7) is -0.330. The van der Waals surface area contributed by atoms with Gasteiger partial charge in [-0.3, -0.25) is 0 Å². The first-order valence-electron chi connectivity index (χ1n) is 2.89. The third-order valence-electron chi connectivity index (χ3n) is 1.26. The minimum atomic E-state index is -0.494. The Hall–Kier alpha value is -0.120. The van der Waals surface area contributed by atoms with E-state index in [4.69, 9.17) is 16.7 Å². The summed E-state index contributed by atoms with van der Waals surface area (Å²) in [5, 5.41) is 8.99. The van der Waals surface area contributed by atoms with E-state index in [0.717, 1.165) is 6.07 Å². The van der Waals surface area contributed by atoms with Crippen molar-refractivity contribution in [2.45, 2.75) is 6.61 Å². The standard InChI is InChI=1S/C7H5BrClFO/c8-6-1-4(9)2-7(10)5(6)3-11/h1-2,11H,3H2. The maximum Gasteiger partial charge on any atom is 0.131 e. The summed E-state index contributed by atoms with van der Waals surface area (Å²) < 4.78 is 13.3. The predicted molar refractivity (Wildman–Crippen MR) is 45.0 cm³/mol. The third-order valence-corrected chi connectivity index (χ3v) is 2.19. The molecule has 0 amide bonds. The van der Waals surface area contributed by atoms with E-state index < -0.39 is 5.82 Å². The number of rotatable bonds is 1. The third kappa shape index (κ3) is 1.92. The van der Waals surface area contributed by atoms with Crippen LogP contribution in [0.25, 0.3) is 0 Å². The van der Waals surface area contributed by atoms with Gasteiger partial charge in [-0.15, -0.1) is 0 Å². The molecule has 0 saturated heterocycles. The summed E-state index contributed by atoms with van der Waals surface area (Å²) in [5.41, 5.74) is 0.231. The molecule has 0 radical (unpaired) electrons. The largest absolute Gasteiger partial charge is 0.392 e. The van der Waals surface area contributed by atoms with E-state index in [9.17, 15) is 4.39 Å². The van der Waals surface area contributed by atoms with Gasteiger partial charge < -0.3 is 5.11 Å². The van der Waals surface area contributed by atoms with Gasteiger partial charge in [-0.25, -0.2) is 4.39 Å².